The van der Waals surface area contributed by atoms with Gasteiger partial charge in [-0.3, -0.25) is 14.3 Å². The number of nitrogens with zero attached hydrogens (tertiary/aromatic N) is 1. The number of nitro groups is 1. The molecule has 0 aliphatic rings. The van der Waals surface area contributed by atoms with Crippen LogP contribution in [0.2, 0.25) is 5.02 Å². The smallest absolute Gasteiger partial charge is 0.270 e. The molecule has 0 saturated carbocycles. The third kappa shape index (κ3) is 4.36. The van der Waals surface area contributed by atoms with Crippen LogP contribution in [0.1, 0.15) is 18.9 Å². The maximum Gasteiger partial charge on any atom is 0.270 e. The molecule has 0 amide bonds. The van der Waals surface area contributed by atoms with Gasteiger partial charge in [0.05, 0.1) is 15.7 Å². The van der Waals surface area contributed by atoms with Gasteiger partial charge in [0.2, 0.25) is 0 Å². The number of nitrogens with two attached hydrogens (primary N) is 1. The number of benzene rings is 1. The fourth-order valence-electron chi connectivity index (χ4n) is 1.36. The molecule has 0 heterocycles. The summed E-state index contributed by atoms with van der Waals surface area (Å²) in [5, 5.41) is 10.8. The molecular formula is C11H15ClN2O3S. The number of halogens is 1. The quantitative estimate of drug-likeness (QED) is 0.643. The monoisotopic (exact) mass is 290 g/mol. The van der Waals surface area contributed by atoms with Gasteiger partial charge >= 0.3 is 0 Å². The molecule has 1 aromatic rings. The van der Waals surface area contributed by atoms with E-state index in [9.17, 15) is 14.3 Å². The zero-order valence-corrected chi connectivity index (χ0v) is 11.5. The predicted octanol–water partition coefficient (Wildman–Crippen LogP) is 2.23. The van der Waals surface area contributed by atoms with Gasteiger partial charge in [0.25, 0.3) is 5.69 Å². The Kier molecular flexibility index (Phi) is 5.71. The van der Waals surface area contributed by atoms with Crippen LogP contribution >= 0.6 is 11.6 Å². The van der Waals surface area contributed by atoms with Gasteiger partial charge in [0, 0.05) is 34.7 Å². The van der Waals surface area contributed by atoms with Crippen LogP contribution in [0.4, 0.5) is 5.69 Å². The van der Waals surface area contributed by atoms with Gasteiger partial charge in [0.15, 0.2) is 0 Å². The third-order valence-corrected chi connectivity index (χ3v) is 4.27. The molecule has 1 aromatic carbocycles. The van der Waals surface area contributed by atoms with E-state index in [1.165, 1.54) is 18.2 Å². The van der Waals surface area contributed by atoms with Crippen molar-refractivity contribution in [1.82, 2.24) is 0 Å². The van der Waals surface area contributed by atoms with Gasteiger partial charge in [0.1, 0.15) is 0 Å². The Bertz CT molecular complexity index is 468. The van der Waals surface area contributed by atoms with Crippen molar-refractivity contribution in [3.05, 3.63) is 38.9 Å². The summed E-state index contributed by atoms with van der Waals surface area (Å²) in [4.78, 5) is 10.0. The highest BCUT2D eigenvalue weighted by atomic mass is 35.5. The average Bonchev–Trinajstić information content (AvgIpc) is 2.31. The topological polar surface area (TPSA) is 86.2 Å². The fourth-order valence-corrected chi connectivity index (χ4v) is 3.11. The minimum absolute atomic E-state index is 0.0696. The van der Waals surface area contributed by atoms with Gasteiger partial charge < -0.3 is 5.73 Å². The first-order chi connectivity index (χ1) is 8.43. The average molecular weight is 291 g/mol. The van der Waals surface area contributed by atoms with Crippen LogP contribution in [-0.4, -0.2) is 20.9 Å². The zero-order valence-electron chi connectivity index (χ0n) is 9.97. The lowest BCUT2D eigenvalue weighted by molar-refractivity contribution is -0.384. The van der Waals surface area contributed by atoms with Crippen LogP contribution in [0.15, 0.2) is 18.2 Å². The standard InChI is InChI=1S/C11H15ClN2O3S/c1-2-9(13)7-18(17)6-8-3-4-10(14(15)16)5-11(8)12/h3-5,9H,2,6-7,13H2,1H3. The minimum atomic E-state index is -1.11. The molecule has 2 atom stereocenters. The lowest BCUT2D eigenvalue weighted by atomic mass is 10.2. The van der Waals surface area contributed by atoms with Gasteiger partial charge in [-0.05, 0) is 18.1 Å². The van der Waals surface area contributed by atoms with Crippen LogP contribution in [0.3, 0.4) is 0 Å². The molecule has 100 valence electrons. The van der Waals surface area contributed by atoms with Crippen molar-refractivity contribution in [3.8, 4) is 0 Å². The van der Waals surface area contributed by atoms with Gasteiger partial charge in [-0.1, -0.05) is 18.5 Å². The lowest BCUT2D eigenvalue weighted by Gasteiger charge is -2.09. The third-order valence-electron chi connectivity index (χ3n) is 2.49. The highest BCUT2D eigenvalue weighted by molar-refractivity contribution is 7.84. The molecule has 2 N–H and O–H groups in total. The maximum atomic E-state index is 11.8. The lowest BCUT2D eigenvalue weighted by Crippen LogP contribution is -2.26. The van der Waals surface area contributed by atoms with E-state index in [2.05, 4.69) is 0 Å². The molecule has 0 spiro atoms. The molecule has 0 aromatic heterocycles. The van der Waals surface area contributed by atoms with E-state index >= 15 is 0 Å². The molecule has 7 heteroatoms. The highest BCUT2D eigenvalue weighted by Crippen LogP contribution is 2.23. The van der Waals surface area contributed by atoms with Crippen molar-refractivity contribution in [2.75, 3.05) is 5.75 Å². The van der Waals surface area contributed by atoms with Crippen molar-refractivity contribution in [2.24, 2.45) is 5.73 Å². The maximum absolute atomic E-state index is 11.8. The van der Waals surface area contributed by atoms with Crippen LogP contribution < -0.4 is 5.73 Å². The van der Waals surface area contributed by atoms with Gasteiger partial charge in [-0.25, -0.2) is 0 Å². The van der Waals surface area contributed by atoms with Crippen molar-refractivity contribution in [3.63, 3.8) is 0 Å². The van der Waals surface area contributed by atoms with E-state index in [-0.39, 0.29) is 22.5 Å². The second-order valence-corrected chi connectivity index (χ2v) is 5.86. The summed E-state index contributed by atoms with van der Waals surface area (Å²) in [7, 11) is -1.11. The molecule has 0 aliphatic heterocycles. The van der Waals surface area contributed by atoms with Crippen molar-refractivity contribution in [2.45, 2.75) is 25.1 Å². The number of hydrogen-bond acceptors (Lipinski definition) is 4. The Morgan fingerprint density at radius 1 is 1.56 bits per heavy atom. The van der Waals surface area contributed by atoms with Crippen LogP contribution in [0.25, 0.3) is 0 Å². The molecule has 0 saturated heterocycles. The summed E-state index contributed by atoms with van der Waals surface area (Å²) >= 11 is 5.92. The molecule has 0 bridgehead atoms. The SMILES string of the molecule is CCC(N)CS(=O)Cc1ccc([N+](=O)[O-])cc1Cl. The number of nitro benzene ring substituents is 1. The van der Waals surface area contributed by atoms with Gasteiger partial charge in [-0.2, -0.15) is 0 Å². The normalized spacial score (nSPS) is 14.2. The second-order valence-electron chi connectivity index (χ2n) is 3.95. The van der Waals surface area contributed by atoms with E-state index in [1.54, 1.807) is 0 Å². The number of hydrogen-bond donors (Lipinski definition) is 1. The van der Waals surface area contributed by atoms with E-state index in [1.807, 2.05) is 6.92 Å². The fraction of sp³-hybridized carbons (Fsp3) is 0.455. The Labute approximate surface area is 113 Å². The zero-order chi connectivity index (χ0) is 13.7. The van der Waals surface area contributed by atoms with Crippen LogP contribution in [0.5, 0.6) is 0 Å². The summed E-state index contributed by atoms with van der Waals surface area (Å²) in [5.74, 6) is 0.675. The number of rotatable bonds is 6. The van der Waals surface area contributed by atoms with Gasteiger partial charge in [-0.15, -0.1) is 0 Å². The largest absolute Gasteiger partial charge is 0.327 e. The molecule has 1 rings (SSSR count). The molecule has 0 aliphatic carbocycles. The summed E-state index contributed by atoms with van der Waals surface area (Å²) in [6.45, 7) is 1.93. The molecule has 5 nitrogen and oxygen atoms in total. The van der Waals surface area contributed by atoms with E-state index in [0.29, 0.717) is 11.3 Å². The minimum Gasteiger partial charge on any atom is -0.327 e. The van der Waals surface area contributed by atoms with Crippen molar-refractivity contribution < 1.29 is 9.13 Å². The summed E-state index contributed by atoms with van der Waals surface area (Å²) in [5.41, 5.74) is 6.29. The highest BCUT2D eigenvalue weighted by Gasteiger charge is 2.13. The first kappa shape index (κ1) is 15.1. The van der Waals surface area contributed by atoms with Crippen LogP contribution in [-0.2, 0) is 16.6 Å². The Balaban J connectivity index is 2.74. The summed E-state index contributed by atoms with van der Waals surface area (Å²) < 4.78 is 11.8. The molecular weight excluding hydrogens is 276 g/mol. The number of non-ortho nitro benzene ring substituents is 1. The van der Waals surface area contributed by atoms with Crippen LogP contribution in [0, 0.1) is 10.1 Å². The summed E-state index contributed by atoms with van der Waals surface area (Å²) in [6.07, 6.45) is 0.764. The first-order valence-electron chi connectivity index (χ1n) is 5.47. The predicted molar refractivity (Wildman–Crippen MR) is 73.1 cm³/mol. The molecule has 2 unspecified atom stereocenters. The van der Waals surface area contributed by atoms with Crippen molar-refractivity contribution in [1.29, 1.82) is 0 Å². The van der Waals surface area contributed by atoms with E-state index < -0.39 is 15.7 Å². The second kappa shape index (κ2) is 6.82. The molecule has 0 fully saturated rings. The van der Waals surface area contributed by atoms with Crippen molar-refractivity contribution >= 4 is 28.1 Å². The molecule has 18 heavy (non-hydrogen) atoms. The van der Waals surface area contributed by atoms with E-state index in [0.717, 1.165) is 6.42 Å². The summed E-state index contributed by atoms with van der Waals surface area (Å²) in [6, 6.07) is 4.07. The Morgan fingerprint density at radius 2 is 2.22 bits per heavy atom. The Hall–Kier alpha value is -0.980. The van der Waals surface area contributed by atoms with E-state index in [4.69, 9.17) is 17.3 Å². The first-order valence-corrected chi connectivity index (χ1v) is 7.34. The Morgan fingerprint density at radius 3 is 2.72 bits per heavy atom. The molecule has 0 radical (unpaired) electrons.